The van der Waals surface area contributed by atoms with Crippen LogP contribution in [0.1, 0.15) is 28.9 Å². The molecule has 106 valence electrons. The van der Waals surface area contributed by atoms with Gasteiger partial charge in [-0.05, 0) is 11.6 Å². The largest absolute Gasteiger partial charge is 0.481 e. The molecule has 0 aliphatic carbocycles. The van der Waals surface area contributed by atoms with E-state index in [0.717, 1.165) is 0 Å². The second-order valence-corrected chi connectivity index (χ2v) is 4.08. The first-order valence-corrected chi connectivity index (χ1v) is 5.94. The summed E-state index contributed by atoms with van der Waals surface area (Å²) in [4.78, 5) is 13.9. The van der Waals surface area contributed by atoms with E-state index in [1.54, 1.807) is 0 Å². The third-order valence-corrected chi connectivity index (χ3v) is 2.74. The lowest BCUT2D eigenvalue weighted by atomic mass is 10.0. The van der Waals surface area contributed by atoms with E-state index in [1.807, 2.05) is 0 Å². The van der Waals surface area contributed by atoms with Crippen molar-refractivity contribution in [3.05, 3.63) is 28.6 Å². The van der Waals surface area contributed by atoms with Gasteiger partial charge in [0.2, 0.25) is 0 Å². The van der Waals surface area contributed by atoms with Gasteiger partial charge in [0.25, 0.3) is 6.43 Å². The van der Waals surface area contributed by atoms with Crippen molar-refractivity contribution < 1.29 is 31.9 Å². The highest BCUT2D eigenvalue weighted by Gasteiger charge is 2.36. The van der Waals surface area contributed by atoms with E-state index in [1.165, 1.54) is 0 Å². The minimum atomic E-state index is -4.92. The molecular formula is C10H7BrF5NO2. The van der Waals surface area contributed by atoms with E-state index in [2.05, 4.69) is 20.9 Å². The third kappa shape index (κ3) is 3.85. The summed E-state index contributed by atoms with van der Waals surface area (Å²) in [6.45, 7) is 0. The molecule has 1 rings (SSSR count). The summed E-state index contributed by atoms with van der Waals surface area (Å²) in [5.74, 6) is -1.50. The number of rotatable bonds is 4. The number of alkyl halides is 6. The molecule has 0 saturated heterocycles. The highest BCUT2D eigenvalue weighted by molar-refractivity contribution is 9.08. The molecule has 0 spiro atoms. The normalized spacial score (nSPS) is 11.9. The number of aromatic nitrogens is 1. The predicted octanol–water partition coefficient (Wildman–Crippen LogP) is 3.56. The Kier molecular flexibility index (Phi) is 4.83. The van der Waals surface area contributed by atoms with Gasteiger partial charge in [-0.2, -0.15) is 13.2 Å². The van der Waals surface area contributed by atoms with Crippen LogP contribution in [0.15, 0.2) is 6.07 Å². The zero-order chi connectivity index (χ0) is 14.8. The Hall–Kier alpha value is -1.25. The van der Waals surface area contributed by atoms with Crippen LogP contribution in [-0.2, 0) is 22.7 Å². The van der Waals surface area contributed by atoms with Crippen molar-refractivity contribution in [1.29, 1.82) is 0 Å². The van der Waals surface area contributed by atoms with E-state index in [9.17, 15) is 26.7 Å². The molecule has 1 heterocycles. The lowest BCUT2D eigenvalue weighted by Gasteiger charge is -2.16. The van der Waals surface area contributed by atoms with Gasteiger partial charge in [0.15, 0.2) is 0 Å². The number of hydrogen-bond acceptors (Lipinski definition) is 2. The lowest BCUT2D eigenvalue weighted by molar-refractivity contribution is -0.139. The Morgan fingerprint density at radius 1 is 1.42 bits per heavy atom. The van der Waals surface area contributed by atoms with Gasteiger partial charge in [0.1, 0.15) is 5.69 Å². The summed E-state index contributed by atoms with van der Waals surface area (Å²) < 4.78 is 63.3. The number of carboxylic acids is 1. The molecule has 0 unspecified atom stereocenters. The SMILES string of the molecule is O=C(O)Cc1c(C(F)(F)F)cc(C(F)F)nc1CBr. The Morgan fingerprint density at radius 2 is 2.00 bits per heavy atom. The summed E-state index contributed by atoms with van der Waals surface area (Å²) in [6.07, 6.45) is -9.03. The average molecular weight is 348 g/mol. The number of carbonyl (C=O) groups is 1. The number of carboxylic acid groups (broad SMARTS) is 1. The van der Waals surface area contributed by atoms with Crippen molar-refractivity contribution in [3.63, 3.8) is 0 Å². The first kappa shape index (κ1) is 15.8. The fraction of sp³-hybridized carbons (Fsp3) is 0.400. The van der Waals surface area contributed by atoms with Gasteiger partial charge in [-0.25, -0.2) is 8.78 Å². The van der Waals surface area contributed by atoms with E-state index < -0.39 is 41.8 Å². The van der Waals surface area contributed by atoms with E-state index >= 15 is 0 Å². The molecule has 0 bridgehead atoms. The Morgan fingerprint density at radius 3 is 2.37 bits per heavy atom. The van der Waals surface area contributed by atoms with Crippen LogP contribution in [-0.4, -0.2) is 16.1 Å². The molecule has 0 atom stereocenters. The Balaban J connectivity index is 3.52. The standard InChI is InChI=1S/C10H7BrF5NO2/c11-3-7-4(1-8(18)19)5(10(14,15)16)2-6(17-7)9(12)13/h2,9H,1,3H2,(H,18,19). The van der Waals surface area contributed by atoms with Crippen molar-refractivity contribution in [3.8, 4) is 0 Å². The first-order chi connectivity index (χ1) is 8.66. The van der Waals surface area contributed by atoms with Crippen molar-refractivity contribution in [2.45, 2.75) is 24.4 Å². The topological polar surface area (TPSA) is 50.2 Å². The minimum absolute atomic E-state index is 0.190. The molecule has 0 radical (unpaired) electrons. The van der Waals surface area contributed by atoms with E-state index in [0.29, 0.717) is 0 Å². The summed E-state index contributed by atoms with van der Waals surface area (Å²) in [6, 6.07) is 0.190. The molecule has 0 aliphatic heterocycles. The zero-order valence-electron chi connectivity index (χ0n) is 9.14. The van der Waals surface area contributed by atoms with Crippen LogP contribution >= 0.6 is 15.9 Å². The quantitative estimate of drug-likeness (QED) is 0.669. The second-order valence-electron chi connectivity index (χ2n) is 3.52. The molecular weight excluding hydrogens is 341 g/mol. The maximum absolute atomic E-state index is 12.8. The van der Waals surface area contributed by atoms with Gasteiger partial charge in [-0.1, -0.05) is 15.9 Å². The minimum Gasteiger partial charge on any atom is -0.481 e. The fourth-order valence-corrected chi connectivity index (χ4v) is 1.93. The summed E-state index contributed by atoms with van der Waals surface area (Å²) in [5, 5.41) is 8.35. The van der Waals surface area contributed by atoms with Crippen LogP contribution in [0.3, 0.4) is 0 Å². The Labute approximate surface area is 112 Å². The van der Waals surface area contributed by atoms with Gasteiger partial charge < -0.3 is 5.11 Å². The monoisotopic (exact) mass is 347 g/mol. The van der Waals surface area contributed by atoms with Crippen LogP contribution in [0.5, 0.6) is 0 Å². The van der Waals surface area contributed by atoms with Crippen LogP contribution in [0.2, 0.25) is 0 Å². The lowest BCUT2D eigenvalue weighted by Crippen LogP contribution is -2.17. The number of halogens is 6. The molecule has 0 aliphatic rings. The average Bonchev–Trinajstić information content (AvgIpc) is 2.26. The van der Waals surface area contributed by atoms with Gasteiger partial charge >= 0.3 is 12.1 Å². The molecule has 9 heteroatoms. The van der Waals surface area contributed by atoms with Gasteiger partial charge in [0, 0.05) is 5.33 Å². The molecule has 1 N–H and O–H groups in total. The molecule has 0 aromatic carbocycles. The maximum atomic E-state index is 12.8. The van der Waals surface area contributed by atoms with Crippen molar-refractivity contribution in [1.82, 2.24) is 4.98 Å². The summed E-state index contributed by atoms with van der Waals surface area (Å²) in [7, 11) is 0. The van der Waals surface area contributed by atoms with E-state index in [-0.39, 0.29) is 17.1 Å². The number of nitrogens with zero attached hydrogens (tertiary/aromatic N) is 1. The molecule has 0 saturated carbocycles. The van der Waals surface area contributed by atoms with Crippen molar-refractivity contribution in [2.24, 2.45) is 0 Å². The van der Waals surface area contributed by atoms with Crippen LogP contribution < -0.4 is 0 Å². The van der Waals surface area contributed by atoms with Gasteiger partial charge in [-0.3, -0.25) is 9.78 Å². The smallest absolute Gasteiger partial charge is 0.416 e. The number of hydrogen-bond donors (Lipinski definition) is 1. The van der Waals surface area contributed by atoms with Crippen LogP contribution in [0, 0.1) is 0 Å². The van der Waals surface area contributed by atoms with Gasteiger partial charge in [-0.15, -0.1) is 0 Å². The highest BCUT2D eigenvalue weighted by atomic mass is 79.9. The molecule has 0 fully saturated rings. The Bertz CT molecular complexity index is 490. The van der Waals surface area contributed by atoms with Crippen molar-refractivity contribution >= 4 is 21.9 Å². The molecule has 3 nitrogen and oxygen atoms in total. The van der Waals surface area contributed by atoms with Gasteiger partial charge in [0.05, 0.1) is 17.7 Å². The second kappa shape index (κ2) is 5.81. The van der Waals surface area contributed by atoms with E-state index in [4.69, 9.17) is 5.11 Å². The maximum Gasteiger partial charge on any atom is 0.416 e. The first-order valence-electron chi connectivity index (χ1n) is 4.82. The molecule has 1 aromatic heterocycles. The fourth-order valence-electron chi connectivity index (χ4n) is 1.47. The third-order valence-electron chi connectivity index (χ3n) is 2.21. The molecule has 19 heavy (non-hydrogen) atoms. The number of aliphatic carboxylic acids is 1. The molecule has 1 aromatic rings. The van der Waals surface area contributed by atoms with Crippen molar-refractivity contribution in [2.75, 3.05) is 0 Å². The summed E-state index contributed by atoms with van der Waals surface area (Å²) in [5.41, 5.74) is -3.39. The highest BCUT2D eigenvalue weighted by Crippen LogP contribution is 2.36. The summed E-state index contributed by atoms with van der Waals surface area (Å²) >= 11 is 2.81. The zero-order valence-corrected chi connectivity index (χ0v) is 10.7. The van der Waals surface area contributed by atoms with Crippen LogP contribution in [0.25, 0.3) is 0 Å². The van der Waals surface area contributed by atoms with Crippen LogP contribution in [0.4, 0.5) is 22.0 Å². The predicted molar refractivity (Wildman–Crippen MR) is 58.2 cm³/mol. The number of pyridine rings is 1. The molecule has 0 amide bonds.